The number of aryl methyl sites for hydroxylation is 1. The fourth-order valence-electron chi connectivity index (χ4n) is 2.61. The zero-order chi connectivity index (χ0) is 19.0. The number of fused-ring (bicyclic) bond motifs is 1. The number of halogens is 1. The summed E-state index contributed by atoms with van der Waals surface area (Å²) in [7, 11) is 0. The summed E-state index contributed by atoms with van der Waals surface area (Å²) in [4.78, 5) is 32.3. The van der Waals surface area contributed by atoms with Crippen molar-refractivity contribution >= 4 is 40.2 Å². The average Bonchev–Trinajstić information content (AvgIpc) is 3.25. The predicted octanol–water partition coefficient (Wildman–Crippen LogP) is 3.06. The Labute approximate surface area is 162 Å². The number of imidazole rings is 1. The van der Waals surface area contributed by atoms with Crippen LogP contribution >= 0.6 is 23.4 Å². The first-order valence-corrected chi connectivity index (χ1v) is 9.40. The molecular weight excluding hydrogens is 388 g/mol. The first-order valence-electron chi connectivity index (χ1n) is 8.04. The van der Waals surface area contributed by atoms with Gasteiger partial charge in [-0.25, -0.2) is 9.78 Å². The van der Waals surface area contributed by atoms with E-state index in [1.54, 1.807) is 18.2 Å². The molecule has 2 aromatic carbocycles. The molecule has 7 nitrogen and oxygen atoms in total. The summed E-state index contributed by atoms with van der Waals surface area (Å²) in [6.45, 7) is 1.87. The van der Waals surface area contributed by atoms with Gasteiger partial charge >= 0.3 is 11.3 Å². The Morgan fingerprint density at radius 3 is 2.89 bits per heavy atom. The lowest BCUT2D eigenvalue weighted by Gasteiger charge is -1.98. The second-order valence-electron chi connectivity index (χ2n) is 5.87. The van der Waals surface area contributed by atoms with Crippen molar-refractivity contribution < 1.29 is 14.0 Å². The van der Waals surface area contributed by atoms with Crippen LogP contribution in [0.25, 0.3) is 16.7 Å². The molecule has 4 rings (SSSR count). The topological polar surface area (TPSA) is 95.6 Å². The van der Waals surface area contributed by atoms with Gasteiger partial charge in [-0.2, -0.15) is 0 Å². The van der Waals surface area contributed by atoms with Gasteiger partial charge in [0.1, 0.15) is 0 Å². The molecule has 0 atom stereocenters. The summed E-state index contributed by atoms with van der Waals surface area (Å²) in [5.41, 5.74) is 2.30. The van der Waals surface area contributed by atoms with Crippen LogP contribution in [0.4, 0.5) is 0 Å². The molecule has 0 aliphatic heterocycles. The maximum atomic E-state index is 12.7. The maximum Gasteiger partial charge on any atom is 0.438 e. The van der Waals surface area contributed by atoms with Crippen LogP contribution in [0.15, 0.2) is 56.9 Å². The van der Waals surface area contributed by atoms with Crippen molar-refractivity contribution in [2.45, 2.75) is 12.1 Å². The lowest BCUT2D eigenvalue weighted by molar-refractivity contribution is -0.672. The van der Waals surface area contributed by atoms with Gasteiger partial charge in [0.2, 0.25) is 11.5 Å². The zero-order valence-corrected chi connectivity index (χ0v) is 15.7. The molecule has 0 saturated heterocycles. The van der Waals surface area contributed by atoms with Crippen LogP contribution in [0.1, 0.15) is 16.1 Å². The van der Waals surface area contributed by atoms with Crippen LogP contribution < -0.4 is 10.3 Å². The third-order valence-electron chi connectivity index (χ3n) is 4.03. The molecule has 2 N–H and O–H groups in total. The number of ketones is 1. The standard InChI is InChI=1S/C18H13ClN4O3S/c1-10-6-7-11(8-12(10)19)23-16(17(25)26-22-23)15(24)9-27-18-20-13-4-2-3-5-14(13)21-18/h2-8H,9H2,1H3,(H-,20,21,22,24,25)/p+1. The number of hydrogen-bond donors (Lipinski definition) is 2. The summed E-state index contributed by atoms with van der Waals surface area (Å²) < 4.78 is 6.13. The monoisotopic (exact) mass is 401 g/mol. The van der Waals surface area contributed by atoms with Crippen molar-refractivity contribution in [3.8, 4) is 5.69 Å². The number of carbonyl (C=O) groups is 1. The van der Waals surface area contributed by atoms with Gasteiger partial charge in [-0.15, -0.1) is 0 Å². The van der Waals surface area contributed by atoms with Crippen molar-refractivity contribution in [3.05, 3.63) is 69.2 Å². The molecule has 2 heterocycles. The van der Waals surface area contributed by atoms with Gasteiger partial charge in [-0.1, -0.05) is 41.6 Å². The second kappa shape index (κ2) is 7.05. The van der Waals surface area contributed by atoms with Gasteiger partial charge in [0.15, 0.2) is 5.16 Å². The highest BCUT2D eigenvalue weighted by Crippen LogP contribution is 2.20. The van der Waals surface area contributed by atoms with Gasteiger partial charge in [0.25, 0.3) is 0 Å². The number of Topliss-reactive ketones (excluding diaryl/α,β-unsaturated/α-hetero) is 1. The number of aromatic amines is 2. The minimum atomic E-state index is -0.734. The fourth-order valence-corrected chi connectivity index (χ4v) is 3.54. The molecule has 0 saturated carbocycles. The lowest BCUT2D eigenvalue weighted by atomic mass is 10.2. The number of nitrogens with zero attached hydrogens (tertiary/aromatic N) is 2. The van der Waals surface area contributed by atoms with E-state index >= 15 is 0 Å². The van der Waals surface area contributed by atoms with Crippen LogP contribution in [0.3, 0.4) is 0 Å². The average molecular weight is 402 g/mol. The zero-order valence-electron chi connectivity index (χ0n) is 14.2. The minimum Gasteiger partial charge on any atom is -0.333 e. The number of carbonyl (C=O) groups excluding carboxylic acids is 1. The minimum absolute atomic E-state index is 0.0298. The van der Waals surface area contributed by atoms with Gasteiger partial charge in [0, 0.05) is 12.1 Å². The maximum absolute atomic E-state index is 12.7. The van der Waals surface area contributed by atoms with E-state index in [0.29, 0.717) is 15.9 Å². The molecule has 136 valence electrons. The molecule has 0 aliphatic rings. The highest BCUT2D eigenvalue weighted by atomic mass is 35.5. The fraction of sp³-hybridized carbons (Fsp3) is 0.111. The summed E-state index contributed by atoms with van der Waals surface area (Å²) in [6.07, 6.45) is 0. The number of thioether (sulfide) groups is 1. The van der Waals surface area contributed by atoms with E-state index in [0.717, 1.165) is 16.6 Å². The quantitative estimate of drug-likeness (QED) is 0.304. The molecule has 0 spiro atoms. The Morgan fingerprint density at radius 2 is 2.11 bits per heavy atom. The molecule has 9 heteroatoms. The first kappa shape index (κ1) is 17.6. The Balaban J connectivity index is 1.59. The number of nitrogens with one attached hydrogen (secondary N) is 2. The highest BCUT2D eigenvalue weighted by Gasteiger charge is 2.31. The smallest absolute Gasteiger partial charge is 0.333 e. The predicted molar refractivity (Wildman–Crippen MR) is 102 cm³/mol. The molecule has 4 aromatic rings. The van der Waals surface area contributed by atoms with Crippen LogP contribution in [0, 0.1) is 6.92 Å². The van der Waals surface area contributed by atoms with Crippen molar-refractivity contribution in [1.82, 2.24) is 15.2 Å². The molecule has 0 fully saturated rings. The molecule has 0 amide bonds. The SMILES string of the molecule is Cc1ccc(-[n+]2[nH]oc(=O)c2C(=O)CSc2nc3ccccc3[nH]2)cc1Cl. The summed E-state index contributed by atoms with van der Waals surface area (Å²) in [6, 6.07) is 12.8. The normalized spacial score (nSPS) is 11.2. The molecule has 0 bridgehead atoms. The van der Waals surface area contributed by atoms with Gasteiger partial charge < -0.3 is 4.98 Å². The van der Waals surface area contributed by atoms with Gasteiger partial charge in [0.05, 0.1) is 21.8 Å². The van der Waals surface area contributed by atoms with Gasteiger partial charge in [-0.3, -0.25) is 9.32 Å². The van der Waals surface area contributed by atoms with Crippen LogP contribution in [0.2, 0.25) is 5.02 Å². The number of H-pyrrole nitrogens is 2. The summed E-state index contributed by atoms with van der Waals surface area (Å²) >= 11 is 7.37. The largest absolute Gasteiger partial charge is 0.438 e. The Bertz CT molecular complexity index is 1180. The second-order valence-corrected chi connectivity index (χ2v) is 7.24. The number of para-hydroxylation sites is 2. The Morgan fingerprint density at radius 1 is 1.30 bits per heavy atom. The van der Waals surface area contributed by atoms with E-state index in [1.165, 1.54) is 16.4 Å². The van der Waals surface area contributed by atoms with Crippen molar-refractivity contribution in [1.29, 1.82) is 0 Å². The number of rotatable bonds is 5. The Hall–Kier alpha value is -2.84. The van der Waals surface area contributed by atoms with E-state index in [4.69, 9.17) is 16.1 Å². The molecule has 27 heavy (non-hydrogen) atoms. The first-order chi connectivity index (χ1) is 13.0. The molecule has 2 aromatic heterocycles. The number of aromatic nitrogens is 4. The van der Waals surface area contributed by atoms with Crippen LogP contribution in [-0.2, 0) is 0 Å². The third-order valence-corrected chi connectivity index (χ3v) is 5.31. The van der Waals surface area contributed by atoms with Crippen molar-refractivity contribution in [2.24, 2.45) is 0 Å². The number of hydrogen-bond acceptors (Lipinski definition) is 5. The van der Waals surface area contributed by atoms with E-state index in [9.17, 15) is 9.59 Å². The number of benzene rings is 2. The summed E-state index contributed by atoms with van der Waals surface area (Å²) in [5, 5.41) is 3.59. The van der Waals surface area contributed by atoms with Crippen molar-refractivity contribution in [2.75, 3.05) is 5.75 Å². The lowest BCUT2D eigenvalue weighted by Crippen LogP contribution is -2.41. The Kier molecular flexibility index (Phi) is 4.59. The molecule has 0 unspecified atom stereocenters. The van der Waals surface area contributed by atoms with E-state index in [-0.39, 0.29) is 17.2 Å². The van der Waals surface area contributed by atoms with E-state index in [2.05, 4.69) is 15.2 Å². The third kappa shape index (κ3) is 3.41. The highest BCUT2D eigenvalue weighted by molar-refractivity contribution is 7.99. The van der Waals surface area contributed by atoms with Crippen LogP contribution in [0.5, 0.6) is 0 Å². The molecular formula is C18H14ClN4O3S+. The van der Waals surface area contributed by atoms with Crippen LogP contribution in [-0.4, -0.2) is 26.8 Å². The summed E-state index contributed by atoms with van der Waals surface area (Å²) in [5.74, 6) is -0.352. The van der Waals surface area contributed by atoms with Gasteiger partial charge in [-0.05, 0) is 34.6 Å². The molecule has 0 aliphatic carbocycles. The van der Waals surface area contributed by atoms with E-state index in [1.807, 2.05) is 31.2 Å². The van der Waals surface area contributed by atoms with E-state index < -0.39 is 5.63 Å². The molecule has 0 radical (unpaired) electrons. The van der Waals surface area contributed by atoms with Crippen molar-refractivity contribution in [3.63, 3.8) is 0 Å².